The van der Waals surface area contributed by atoms with E-state index >= 15 is 0 Å². The van der Waals surface area contributed by atoms with Crippen LogP contribution in [0.1, 0.15) is 92.4 Å². The topological polar surface area (TPSA) is 18.5 Å². The maximum atomic E-state index is 5.90. The van der Waals surface area contributed by atoms with Gasteiger partial charge in [0.15, 0.2) is 6.29 Å². The number of hydrogen-bond donors (Lipinski definition) is 0. The summed E-state index contributed by atoms with van der Waals surface area (Å²) in [6.45, 7) is 12.3. The van der Waals surface area contributed by atoms with Gasteiger partial charge in [-0.3, -0.25) is 0 Å². The highest BCUT2D eigenvalue weighted by atomic mass is 16.7. The van der Waals surface area contributed by atoms with Crippen LogP contribution in [0.5, 0.6) is 0 Å². The fourth-order valence-electron chi connectivity index (χ4n) is 2.03. The number of ether oxygens (including phenoxy) is 2. The van der Waals surface area contributed by atoms with Crippen LogP contribution in [0.4, 0.5) is 0 Å². The summed E-state index contributed by atoms with van der Waals surface area (Å²) in [6.07, 6.45) is 9.06. The molecule has 0 aromatic rings. The SMILES string of the molecule is CCCCC#CCCOC(CC(C)(C)C)OCCC#CCCCC. The van der Waals surface area contributed by atoms with Crippen LogP contribution >= 0.6 is 0 Å². The lowest BCUT2D eigenvalue weighted by molar-refractivity contribution is -0.155. The molecular weight excluding hydrogens is 296 g/mol. The van der Waals surface area contributed by atoms with Crippen LogP contribution in [0.25, 0.3) is 0 Å². The Morgan fingerprint density at radius 1 is 0.708 bits per heavy atom. The van der Waals surface area contributed by atoms with Crippen LogP contribution in [-0.4, -0.2) is 19.5 Å². The van der Waals surface area contributed by atoms with Gasteiger partial charge in [-0.05, 0) is 18.3 Å². The summed E-state index contributed by atoms with van der Waals surface area (Å²) >= 11 is 0. The van der Waals surface area contributed by atoms with Gasteiger partial charge in [-0.25, -0.2) is 0 Å². The molecule has 0 aromatic carbocycles. The molecule has 0 rings (SSSR count). The van der Waals surface area contributed by atoms with Gasteiger partial charge in [0.25, 0.3) is 0 Å². The van der Waals surface area contributed by atoms with Crippen molar-refractivity contribution in [2.45, 2.75) is 98.7 Å². The Bertz CT molecular complexity index is 366. The Balaban J connectivity index is 4.04. The Hall–Kier alpha value is -0.960. The first-order valence-corrected chi connectivity index (χ1v) is 9.64. The van der Waals surface area contributed by atoms with Gasteiger partial charge in [0, 0.05) is 32.1 Å². The van der Waals surface area contributed by atoms with E-state index in [0.717, 1.165) is 32.1 Å². The molecule has 0 aliphatic rings. The molecule has 0 amide bonds. The minimum atomic E-state index is -0.153. The van der Waals surface area contributed by atoms with Crippen LogP contribution in [0.15, 0.2) is 0 Å². The zero-order valence-electron chi connectivity index (χ0n) is 16.7. The van der Waals surface area contributed by atoms with Crippen molar-refractivity contribution in [2.75, 3.05) is 13.2 Å². The second-order valence-corrected chi connectivity index (χ2v) is 7.35. The first-order chi connectivity index (χ1) is 11.5. The fraction of sp³-hybridized carbons (Fsp3) is 0.818. The van der Waals surface area contributed by atoms with Gasteiger partial charge < -0.3 is 9.47 Å². The van der Waals surface area contributed by atoms with Crippen LogP contribution in [0.3, 0.4) is 0 Å². The van der Waals surface area contributed by atoms with Gasteiger partial charge in [0.1, 0.15) is 0 Å². The smallest absolute Gasteiger partial charge is 0.158 e. The van der Waals surface area contributed by atoms with Gasteiger partial charge in [-0.15, -0.1) is 23.7 Å². The van der Waals surface area contributed by atoms with Crippen molar-refractivity contribution in [3.8, 4) is 23.7 Å². The van der Waals surface area contributed by atoms with Crippen LogP contribution in [-0.2, 0) is 9.47 Å². The molecule has 0 aliphatic heterocycles. The van der Waals surface area contributed by atoms with Crippen LogP contribution in [0, 0.1) is 29.1 Å². The van der Waals surface area contributed by atoms with E-state index < -0.39 is 0 Å². The average molecular weight is 335 g/mol. The lowest BCUT2D eigenvalue weighted by atomic mass is 9.92. The average Bonchev–Trinajstić information content (AvgIpc) is 2.51. The summed E-state index contributed by atoms with van der Waals surface area (Å²) in [7, 11) is 0. The third-order valence-electron chi connectivity index (χ3n) is 3.40. The minimum Gasteiger partial charge on any atom is -0.352 e. The van der Waals surface area contributed by atoms with Crippen molar-refractivity contribution in [3.05, 3.63) is 0 Å². The lowest BCUT2D eigenvalue weighted by Crippen LogP contribution is -2.24. The van der Waals surface area contributed by atoms with E-state index in [2.05, 4.69) is 58.3 Å². The molecule has 0 atom stereocenters. The molecule has 0 saturated heterocycles. The Morgan fingerprint density at radius 3 is 1.50 bits per heavy atom. The number of unbranched alkanes of at least 4 members (excludes halogenated alkanes) is 4. The quantitative estimate of drug-likeness (QED) is 0.264. The molecule has 0 aliphatic carbocycles. The van der Waals surface area contributed by atoms with Crippen molar-refractivity contribution in [1.29, 1.82) is 0 Å². The largest absolute Gasteiger partial charge is 0.352 e. The van der Waals surface area contributed by atoms with Gasteiger partial charge >= 0.3 is 0 Å². The maximum Gasteiger partial charge on any atom is 0.158 e. The molecule has 0 saturated carbocycles. The van der Waals surface area contributed by atoms with Crippen molar-refractivity contribution < 1.29 is 9.47 Å². The van der Waals surface area contributed by atoms with Crippen molar-refractivity contribution >= 4 is 0 Å². The monoisotopic (exact) mass is 334 g/mol. The zero-order chi connectivity index (χ0) is 18.1. The minimum absolute atomic E-state index is 0.153. The Labute approximate surface area is 151 Å². The molecule has 2 nitrogen and oxygen atoms in total. The summed E-state index contributed by atoms with van der Waals surface area (Å²) in [5, 5.41) is 0. The highest BCUT2D eigenvalue weighted by molar-refractivity contribution is 4.99. The molecule has 0 N–H and O–H groups in total. The predicted molar refractivity (Wildman–Crippen MR) is 104 cm³/mol. The van der Waals surface area contributed by atoms with Crippen molar-refractivity contribution in [3.63, 3.8) is 0 Å². The fourth-order valence-corrected chi connectivity index (χ4v) is 2.03. The summed E-state index contributed by atoms with van der Waals surface area (Å²) in [5.41, 5.74) is 0.185. The van der Waals surface area contributed by atoms with E-state index in [1.807, 2.05) is 0 Å². The van der Waals surface area contributed by atoms with E-state index in [9.17, 15) is 0 Å². The van der Waals surface area contributed by atoms with Gasteiger partial charge in [0.05, 0.1) is 13.2 Å². The lowest BCUT2D eigenvalue weighted by Gasteiger charge is -2.25. The molecule has 0 heterocycles. The highest BCUT2D eigenvalue weighted by Crippen LogP contribution is 2.23. The van der Waals surface area contributed by atoms with Crippen molar-refractivity contribution in [2.24, 2.45) is 5.41 Å². The normalized spacial score (nSPS) is 10.9. The second-order valence-electron chi connectivity index (χ2n) is 7.35. The van der Waals surface area contributed by atoms with E-state index in [-0.39, 0.29) is 11.7 Å². The molecular formula is C22H38O2. The number of rotatable bonds is 11. The summed E-state index contributed by atoms with van der Waals surface area (Å²) < 4.78 is 11.8. The molecule has 0 radical (unpaired) electrons. The first kappa shape index (κ1) is 23.0. The van der Waals surface area contributed by atoms with E-state index in [4.69, 9.17) is 9.47 Å². The Morgan fingerprint density at radius 2 is 1.12 bits per heavy atom. The molecule has 0 fully saturated rings. The highest BCUT2D eigenvalue weighted by Gasteiger charge is 2.19. The predicted octanol–water partition coefficient (Wildman–Crippen LogP) is 5.95. The zero-order valence-corrected chi connectivity index (χ0v) is 16.7. The van der Waals surface area contributed by atoms with E-state index in [1.54, 1.807) is 0 Å². The van der Waals surface area contributed by atoms with Gasteiger partial charge in [-0.2, -0.15) is 0 Å². The third kappa shape index (κ3) is 17.4. The third-order valence-corrected chi connectivity index (χ3v) is 3.40. The molecule has 0 aromatic heterocycles. The summed E-state index contributed by atoms with van der Waals surface area (Å²) in [6, 6.07) is 0. The van der Waals surface area contributed by atoms with Crippen molar-refractivity contribution in [1.82, 2.24) is 0 Å². The molecule has 24 heavy (non-hydrogen) atoms. The summed E-state index contributed by atoms with van der Waals surface area (Å²) in [4.78, 5) is 0. The molecule has 0 spiro atoms. The van der Waals surface area contributed by atoms with Crippen LogP contribution in [0.2, 0.25) is 0 Å². The molecule has 0 unspecified atom stereocenters. The molecule has 0 bridgehead atoms. The Kier molecular flexibility index (Phi) is 14.9. The maximum absolute atomic E-state index is 5.90. The second kappa shape index (κ2) is 15.6. The van der Waals surface area contributed by atoms with E-state index in [0.29, 0.717) is 13.2 Å². The molecule has 138 valence electrons. The van der Waals surface area contributed by atoms with Crippen LogP contribution < -0.4 is 0 Å². The number of hydrogen-bond acceptors (Lipinski definition) is 2. The van der Waals surface area contributed by atoms with E-state index in [1.165, 1.54) is 25.7 Å². The molecule has 2 heteroatoms. The van der Waals surface area contributed by atoms with Gasteiger partial charge in [-0.1, -0.05) is 47.5 Å². The first-order valence-electron chi connectivity index (χ1n) is 9.64. The standard InChI is InChI=1S/C22H38O2/c1-6-8-10-12-14-16-18-23-21(20-22(3,4)5)24-19-17-15-13-11-9-7-2/h21H,6-11,16-20H2,1-5H3. The summed E-state index contributed by atoms with van der Waals surface area (Å²) in [5.74, 6) is 12.8. The van der Waals surface area contributed by atoms with Gasteiger partial charge in [0.2, 0.25) is 0 Å².